The third-order valence-corrected chi connectivity index (χ3v) is 1.53. The molecule has 0 fully saturated rings. The van der Waals surface area contributed by atoms with Crippen LogP contribution >= 0.6 is 0 Å². The minimum absolute atomic E-state index is 0.0367. The Morgan fingerprint density at radius 1 is 1.46 bits per heavy atom. The second kappa shape index (κ2) is 3.77. The molecule has 0 spiro atoms. The van der Waals surface area contributed by atoms with E-state index in [-0.39, 0.29) is 17.0 Å². The highest BCUT2D eigenvalue weighted by molar-refractivity contribution is 6.00. The molecule has 0 unspecified atom stereocenters. The lowest BCUT2D eigenvalue weighted by molar-refractivity contribution is 0.0901. The smallest absolute Gasteiger partial charge is 0.191 e. The van der Waals surface area contributed by atoms with Crippen LogP contribution in [0.15, 0.2) is 23.4 Å². The molecular formula is C8H7NO4. The van der Waals surface area contributed by atoms with Crippen LogP contribution in [0.25, 0.3) is 0 Å². The van der Waals surface area contributed by atoms with Gasteiger partial charge < -0.3 is 10.2 Å². The Kier molecular flexibility index (Phi) is 2.71. The molecule has 0 aliphatic carbocycles. The first-order chi connectivity index (χ1) is 6.19. The molecule has 1 rings (SSSR count). The molecule has 1 aromatic carbocycles. The van der Waals surface area contributed by atoms with E-state index in [1.54, 1.807) is 0 Å². The van der Waals surface area contributed by atoms with E-state index in [2.05, 4.69) is 5.18 Å². The number of carbonyl (C=O) groups excluding carboxylic acids is 1. The van der Waals surface area contributed by atoms with Crippen LogP contribution in [0.5, 0.6) is 5.75 Å². The minimum atomic E-state index is -0.712. The van der Waals surface area contributed by atoms with Crippen molar-refractivity contribution in [2.24, 2.45) is 5.18 Å². The van der Waals surface area contributed by atoms with Gasteiger partial charge in [-0.3, -0.25) is 4.79 Å². The van der Waals surface area contributed by atoms with E-state index in [0.29, 0.717) is 0 Å². The summed E-state index contributed by atoms with van der Waals surface area (Å²) in [7, 11) is 0. The third kappa shape index (κ3) is 1.88. The minimum Gasteiger partial charge on any atom is -0.507 e. The fourth-order valence-corrected chi connectivity index (χ4v) is 0.889. The van der Waals surface area contributed by atoms with Gasteiger partial charge in [0.25, 0.3) is 0 Å². The third-order valence-electron chi connectivity index (χ3n) is 1.53. The molecule has 0 bridgehead atoms. The standard InChI is InChI=1S/C8H7NO4/c10-4-8(12)6-3-5(9-13)1-2-7(6)11/h1-3,10-11H,4H2. The maximum absolute atomic E-state index is 10.9. The molecule has 0 saturated heterocycles. The van der Waals surface area contributed by atoms with Gasteiger partial charge in [0.05, 0.1) is 5.56 Å². The molecule has 0 heterocycles. The summed E-state index contributed by atoms with van der Waals surface area (Å²) in [5.74, 6) is -0.922. The number of carbonyl (C=O) groups is 1. The van der Waals surface area contributed by atoms with Crippen molar-refractivity contribution in [2.75, 3.05) is 6.61 Å². The number of phenols is 1. The molecule has 0 amide bonds. The number of Topliss-reactive ketones (excluding diaryl/α,β-unsaturated/α-hetero) is 1. The van der Waals surface area contributed by atoms with E-state index in [1.807, 2.05) is 0 Å². The Morgan fingerprint density at radius 2 is 2.15 bits per heavy atom. The number of benzene rings is 1. The molecule has 2 N–H and O–H groups in total. The first-order valence-electron chi connectivity index (χ1n) is 3.49. The van der Waals surface area contributed by atoms with Crippen molar-refractivity contribution < 1.29 is 15.0 Å². The van der Waals surface area contributed by atoms with Crippen molar-refractivity contribution in [3.05, 3.63) is 28.7 Å². The van der Waals surface area contributed by atoms with Gasteiger partial charge in [-0.05, 0) is 23.4 Å². The van der Waals surface area contributed by atoms with Crippen LogP contribution in [0, 0.1) is 4.91 Å². The summed E-state index contributed by atoms with van der Waals surface area (Å²) in [5.41, 5.74) is -0.0609. The molecule has 0 atom stereocenters. The zero-order valence-corrected chi connectivity index (χ0v) is 6.60. The van der Waals surface area contributed by atoms with Crippen LogP contribution in [-0.4, -0.2) is 22.6 Å². The number of phenolic OH excluding ortho intramolecular Hbond substituents is 1. The average molecular weight is 181 g/mol. The summed E-state index contributed by atoms with van der Waals surface area (Å²) in [6.07, 6.45) is 0. The van der Waals surface area contributed by atoms with Crippen molar-refractivity contribution in [3.63, 3.8) is 0 Å². The van der Waals surface area contributed by atoms with Gasteiger partial charge in [-0.25, -0.2) is 0 Å². The van der Waals surface area contributed by atoms with Gasteiger partial charge in [-0.2, -0.15) is 0 Å². The summed E-state index contributed by atoms with van der Waals surface area (Å²) < 4.78 is 0. The van der Waals surface area contributed by atoms with Crippen molar-refractivity contribution in [1.29, 1.82) is 0 Å². The molecule has 68 valence electrons. The highest BCUT2D eigenvalue weighted by Gasteiger charge is 2.10. The van der Waals surface area contributed by atoms with E-state index in [1.165, 1.54) is 12.1 Å². The van der Waals surface area contributed by atoms with Crippen LogP contribution in [-0.2, 0) is 0 Å². The molecule has 0 aliphatic heterocycles. The summed E-state index contributed by atoms with van der Waals surface area (Å²) in [6, 6.07) is 3.58. The molecule has 0 saturated carbocycles. The summed E-state index contributed by atoms with van der Waals surface area (Å²) in [6.45, 7) is -0.712. The van der Waals surface area contributed by atoms with Gasteiger partial charge in [-0.15, -0.1) is 4.91 Å². The second-order valence-electron chi connectivity index (χ2n) is 2.37. The first-order valence-corrected chi connectivity index (χ1v) is 3.49. The SMILES string of the molecule is O=Nc1ccc(O)c(C(=O)CO)c1. The molecule has 13 heavy (non-hydrogen) atoms. The van der Waals surface area contributed by atoms with Crippen LogP contribution in [0.1, 0.15) is 10.4 Å². The van der Waals surface area contributed by atoms with E-state index < -0.39 is 12.4 Å². The number of hydrogen-bond acceptors (Lipinski definition) is 5. The van der Waals surface area contributed by atoms with E-state index in [4.69, 9.17) is 10.2 Å². The largest absolute Gasteiger partial charge is 0.507 e. The van der Waals surface area contributed by atoms with Crippen LogP contribution in [0.2, 0.25) is 0 Å². The van der Waals surface area contributed by atoms with Crippen LogP contribution in [0.3, 0.4) is 0 Å². The maximum atomic E-state index is 10.9. The van der Waals surface area contributed by atoms with E-state index >= 15 is 0 Å². The molecule has 5 nitrogen and oxygen atoms in total. The van der Waals surface area contributed by atoms with Crippen molar-refractivity contribution in [1.82, 2.24) is 0 Å². The lowest BCUT2D eigenvalue weighted by Gasteiger charge is -2.00. The number of aromatic hydroxyl groups is 1. The quantitative estimate of drug-likeness (QED) is 0.537. The van der Waals surface area contributed by atoms with E-state index in [0.717, 1.165) is 6.07 Å². The second-order valence-corrected chi connectivity index (χ2v) is 2.37. The Bertz CT molecular complexity index is 348. The first kappa shape index (κ1) is 9.34. The fraction of sp³-hybridized carbons (Fsp3) is 0.125. The van der Waals surface area contributed by atoms with Gasteiger partial charge in [0.2, 0.25) is 0 Å². The Balaban J connectivity index is 3.18. The maximum Gasteiger partial charge on any atom is 0.191 e. The highest BCUT2D eigenvalue weighted by atomic mass is 16.3. The molecule has 0 aromatic heterocycles. The van der Waals surface area contributed by atoms with Gasteiger partial charge in [0, 0.05) is 0 Å². The highest BCUT2D eigenvalue weighted by Crippen LogP contribution is 2.23. The predicted octanol–water partition coefficient (Wildman–Crippen LogP) is 0.965. The normalized spacial score (nSPS) is 9.62. The number of hydrogen-bond donors (Lipinski definition) is 2. The molecular weight excluding hydrogens is 174 g/mol. The van der Waals surface area contributed by atoms with Gasteiger partial charge in [0.1, 0.15) is 18.0 Å². The number of ketones is 1. The van der Waals surface area contributed by atoms with Gasteiger partial charge in [0.15, 0.2) is 5.78 Å². The zero-order valence-electron chi connectivity index (χ0n) is 6.60. The fourth-order valence-electron chi connectivity index (χ4n) is 0.889. The molecule has 5 heteroatoms. The lowest BCUT2D eigenvalue weighted by Crippen LogP contribution is -2.04. The van der Waals surface area contributed by atoms with Gasteiger partial charge >= 0.3 is 0 Å². The lowest BCUT2D eigenvalue weighted by atomic mass is 10.1. The topological polar surface area (TPSA) is 87.0 Å². The van der Waals surface area contributed by atoms with Crippen LogP contribution in [0.4, 0.5) is 5.69 Å². The predicted molar refractivity (Wildman–Crippen MR) is 45.0 cm³/mol. The number of aliphatic hydroxyl groups excluding tert-OH is 1. The zero-order chi connectivity index (χ0) is 9.84. The summed E-state index contributed by atoms with van der Waals surface area (Å²) in [4.78, 5) is 21.0. The Labute approximate surface area is 73.6 Å². The number of nitrogens with zero attached hydrogens (tertiary/aromatic N) is 1. The van der Waals surface area contributed by atoms with E-state index in [9.17, 15) is 9.70 Å². The van der Waals surface area contributed by atoms with Crippen molar-refractivity contribution in [3.8, 4) is 5.75 Å². The van der Waals surface area contributed by atoms with Crippen molar-refractivity contribution >= 4 is 11.5 Å². The number of aliphatic hydroxyl groups is 1. The number of rotatable bonds is 3. The van der Waals surface area contributed by atoms with Crippen LogP contribution < -0.4 is 0 Å². The number of nitroso groups, excluding NO2 is 1. The molecule has 1 aromatic rings. The summed E-state index contributed by atoms with van der Waals surface area (Å²) in [5, 5.41) is 20.3. The average Bonchev–Trinajstić information content (AvgIpc) is 2.17. The molecule has 0 radical (unpaired) electrons. The molecule has 0 aliphatic rings. The van der Waals surface area contributed by atoms with Crippen molar-refractivity contribution in [2.45, 2.75) is 0 Å². The van der Waals surface area contributed by atoms with Gasteiger partial charge in [-0.1, -0.05) is 0 Å². The summed E-state index contributed by atoms with van der Waals surface area (Å²) >= 11 is 0. The Morgan fingerprint density at radius 3 is 2.69 bits per heavy atom. The monoisotopic (exact) mass is 181 g/mol. The Hall–Kier alpha value is -1.75.